The molecule has 0 saturated heterocycles. The number of carbonyl (C=O) groups excluding carboxylic acids is 1. The largest absolute Gasteiger partial charge is 0.369 e. The third kappa shape index (κ3) is 1.80. The number of nitrogens with zero attached hydrogens (tertiary/aromatic N) is 2. The van der Waals surface area contributed by atoms with Gasteiger partial charge in [0.1, 0.15) is 0 Å². The summed E-state index contributed by atoms with van der Waals surface area (Å²) in [6, 6.07) is 0. The zero-order valence-electron chi connectivity index (χ0n) is 10.8. The Morgan fingerprint density at radius 3 is 2.79 bits per heavy atom. The zero-order chi connectivity index (χ0) is 13.8. The van der Waals surface area contributed by atoms with Crippen LogP contribution in [0.1, 0.15) is 36.2 Å². The summed E-state index contributed by atoms with van der Waals surface area (Å²) in [5, 5.41) is 0.382. The van der Waals surface area contributed by atoms with E-state index in [1.807, 2.05) is 13.8 Å². The number of Topliss-reactive ketones (excluding diaryl/α,β-unsaturated/α-hetero) is 1. The van der Waals surface area contributed by atoms with Gasteiger partial charge in [-0.1, -0.05) is 13.8 Å². The van der Waals surface area contributed by atoms with Crippen LogP contribution < -0.4 is 11.3 Å². The maximum atomic E-state index is 12.1. The predicted octanol–water partition coefficient (Wildman–Crippen LogP) is 1.06. The second-order valence-corrected chi connectivity index (χ2v) is 5.74. The van der Waals surface area contributed by atoms with Gasteiger partial charge < -0.3 is 5.73 Å². The summed E-state index contributed by atoms with van der Waals surface area (Å²) in [5.74, 6) is 0.0585. The van der Waals surface area contributed by atoms with Crippen LogP contribution in [0.25, 0.3) is 11.0 Å². The van der Waals surface area contributed by atoms with Crippen molar-refractivity contribution in [3.8, 4) is 0 Å². The van der Waals surface area contributed by atoms with Crippen molar-refractivity contribution >= 4 is 22.8 Å². The van der Waals surface area contributed by atoms with E-state index in [1.165, 1.54) is 6.20 Å². The predicted molar refractivity (Wildman–Crippen MR) is 71.0 cm³/mol. The standard InChI is InChI=1S/C13H14N4O2/c1-13(2)3-6-7(8(18)4-13)5-15-10-9(6)11(19)17-12(14)16-10/h5H,3-4H2,1-2H3,(H3,14,15,16,17,19). The molecule has 0 bridgehead atoms. The van der Waals surface area contributed by atoms with E-state index in [1.54, 1.807) is 0 Å². The Labute approximate surface area is 109 Å². The summed E-state index contributed by atoms with van der Waals surface area (Å²) in [6.07, 6.45) is 2.62. The van der Waals surface area contributed by atoms with Gasteiger partial charge in [-0.05, 0) is 17.4 Å². The minimum Gasteiger partial charge on any atom is -0.369 e. The van der Waals surface area contributed by atoms with Crippen molar-refractivity contribution in [1.82, 2.24) is 15.0 Å². The molecule has 1 aliphatic carbocycles. The van der Waals surface area contributed by atoms with Crippen LogP contribution in [0.3, 0.4) is 0 Å². The van der Waals surface area contributed by atoms with Crippen LogP contribution in [0.2, 0.25) is 0 Å². The summed E-state index contributed by atoms with van der Waals surface area (Å²) >= 11 is 0. The highest BCUT2D eigenvalue weighted by Crippen LogP contribution is 2.36. The number of carbonyl (C=O) groups is 1. The lowest BCUT2D eigenvalue weighted by Gasteiger charge is -2.30. The van der Waals surface area contributed by atoms with E-state index in [2.05, 4.69) is 15.0 Å². The van der Waals surface area contributed by atoms with Gasteiger partial charge in [0.15, 0.2) is 11.4 Å². The van der Waals surface area contributed by atoms with Crippen molar-refractivity contribution in [2.24, 2.45) is 5.41 Å². The molecule has 0 aliphatic heterocycles. The second kappa shape index (κ2) is 3.63. The number of nitrogens with one attached hydrogen (secondary N) is 1. The average molecular weight is 258 g/mol. The average Bonchev–Trinajstić information content (AvgIpc) is 2.25. The first kappa shape index (κ1) is 11.8. The molecular formula is C13H14N4O2. The lowest BCUT2D eigenvalue weighted by atomic mass is 9.73. The van der Waals surface area contributed by atoms with Gasteiger partial charge in [0.05, 0.1) is 5.39 Å². The van der Waals surface area contributed by atoms with E-state index in [9.17, 15) is 9.59 Å². The SMILES string of the molecule is CC1(C)CC(=O)c2cnc3nc(N)[nH]c(=O)c3c2C1. The molecule has 0 atom stereocenters. The number of rotatable bonds is 0. The van der Waals surface area contributed by atoms with Crippen molar-refractivity contribution in [2.45, 2.75) is 26.7 Å². The molecule has 2 aromatic heterocycles. The molecule has 3 rings (SSSR count). The van der Waals surface area contributed by atoms with Crippen LogP contribution in [0.5, 0.6) is 0 Å². The van der Waals surface area contributed by atoms with E-state index in [0.717, 1.165) is 5.56 Å². The summed E-state index contributed by atoms with van der Waals surface area (Å²) < 4.78 is 0. The van der Waals surface area contributed by atoms with Gasteiger partial charge in [-0.2, -0.15) is 4.98 Å². The number of nitrogen functional groups attached to an aromatic ring is 1. The summed E-state index contributed by atoms with van der Waals surface area (Å²) in [4.78, 5) is 34.8. The van der Waals surface area contributed by atoms with Gasteiger partial charge in [0.25, 0.3) is 5.56 Å². The molecule has 19 heavy (non-hydrogen) atoms. The number of hydrogen-bond donors (Lipinski definition) is 2. The van der Waals surface area contributed by atoms with E-state index in [0.29, 0.717) is 29.4 Å². The monoisotopic (exact) mass is 258 g/mol. The molecule has 0 radical (unpaired) electrons. The number of aromatic nitrogens is 3. The fraction of sp³-hybridized carbons (Fsp3) is 0.385. The molecule has 6 heteroatoms. The van der Waals surface area contributed by atoms with Gasteiger partial charge in [-0.3, -0.25) is 14.6 Å². The van der Waals surface area contributed by atoms with Crippen LogP contribution in [0, 0.1) is 5.41 Å². The van der Waals surface area contributed by atoms with Gasteiger partial charge in [0, 0.05) is 18.2 Å². The minimum absolute atomic E-state index is 0.0249. The van der Waals surface area contributed by atoms with Crippen molar-refractivity contribution in [3.05, 3.63) is 27.7 Å². The minimum atomic E-state index is -0.336. The molecule has 2 aromatic rings. The fourth-order valence-electron chi connectivity index (χ4n) is 2.68. The van der Waals surface area contributed by atoms with Crippen molar-refractivity contribution in [2.75, 3.05) is 5.73 Å². The molecule has 0 saturated carbocycles. The van der Waals surface area contributed by atoms with Crippen LogP contribution in [0.15, 0.2) is 11.0 Å². The van der Waals surface area contributed by atoms with Gasteiger partial charge in [0.2, 0.25) is 5.95 Å². The molecule has 2 heterocycles. The lowest BCUT2D eigenvalue weighted by molar-refractivity contribution is 0.0912. The van der Waals surface area contributed by atoms with Crippen LogP contribution >= 0.6 is 0 Å². The number of H-pyrrole nitrogens is 1. The highest BCUT2D eigenvalue weighted by atomic mass is 16.1. The lowest BCUT2D eigenvalue weighted by Crippen LogP contribution is -2.29. The molecule has 98 valence electrons. The summed E-state index contributed by atoms with van der Waals surface area (Å²) in [6.45, 7) is 4.03. The summed E-state index contributed by atoms with van der Waals surface area (Å²) in [7, 11) is 0. The Bertz CT molecular complexity index is 761. The number of fused-ring (bicyclic) bond motifs is 3. The quantitative estimate of drug-likeness (QED) is 0.735. The molecule has 0 aromatic carbocycles. The molecule has 3 N–H and O–H groups in total. The topological polar surface area (TPSA) is 102 Å². The van der Waals surface area contributed by atoms with Gasteiger partial charge in [-0.25, -0.2) is 4.98 Å². The number of ketones is 1. The van der Waals surface area contributed by atoms with E-state index >= 15 is 0 Å². The molecule has 0 amide bonds. The maximum Gasteiger partial charge on any atom is 0.262 e. The first-order valence-electron chi connectivity index (χ1n) is 6.08. The Morgan fingerprint density at radius 2 is 2.05 bits per heavy atom. The van der Waals surface area contributed by atoms with E-state index in [4.69, 9.17) is 5.73 Å². The van der Waals surface area contributed by atoms with Crippen LogP contribution in [-0.2, 0) is 6.42 Å². The number of hydrogen-bond acceptors (Lipinski definition) is 5. The Kier molecular flexibility index (Phi) is 2.26. The molecule has 0 unspecified atom stereocenters. The summed E-state index contributed by atoms with van der Waals surface area (Å²) in [5.41, 5.74) is 6.58. The van der Waals surface area contributed by atoms with E-state index in [-0.39, 0.29) is 22.7 Å². The molecule has 1 aliphatic rings. The Morgan fingerprint density at radius 1 is 1.32 bits per heavy atom. The molecule has 0 spiro atoms. The van der Waals surface area contributed by atoms with Gasteiger partial charge >= 0.3 is 0 Å². The number of anilines is 1. The number of pyridine rings is 1. The van der Waals surface area contributed by atoms with Crippen LogP contribution in [-0.4, -0.2) is 20.7 Å². The first-order valence-corrected chi connectivity index (χ1v) is 6.08. The van der Waals surface area contributed by atoms with Crippen molar-refractivity contribution in [1.29, 1.82) is 0 Å². The van der Waals surface area contributed by atoms with Crippen molar-refractivity contribution in [3.63, 3.8) is 0 Å². The third-order valence-corrected chi connectivity index (χ3v) is 3.46. The second-order valence-electron chi connectivity index (χ2n) is 5.74. The normalized spacial score (nSPS) is 17.5. The Hall–Kier alpha value is -2.24. The molecule has 0 fully saturated rings. The highest BCUT2D eigenvalue weighted by Gasteiger charge is 2.33. The number of aromatic amines is 1. The highest BCUT2D eigenvalue weighted by molar-refractivity contribution is 6.02. The third-order valence-electron chi connectivity index (χ3n) is 3.46. The van der Waals surface area contributed by atoms with Gasteiger partial charge in [-0.15, -0.1) is 0 Å². The fourth-order valence-corrected chi connectivity index (χ4v) is 2.68. The molecular weight excluding hydrogens is 244 g/mol. The Balaban J connectivity index is 2.41. The maximum absolute atomic E-state index is 12.1. The zero-order valence-corrected chi connectivity index (χ0v) is 10.8. The van der Waals surface area contributed by atoms with E-state index < -0.39 is 0 Å². The smallest absolute Gasteiger partial charge is 0.262 e. The molecule has 6 nitrogen and oxygen atoms in total. The first-order chi connectivity index (χ1) is 8.87. The van der Waals surface area contributed by atoms with Crippen molar-refractivity contribution < 1.29 is 4.79 Å². The number of nitrogens with two attached hydrogens (primary N) is 1. The van der Waals surface area contributed by atoms with Crippen LogP contribution in [0.4, 0.5) is 5.95 Å².